The molecule has 96 valence electrons. The van der Waals surface area contributed by atoms with Gasteiger partial charge >= 0.3 is 0 Å². The molecule has 1 atom stereocenters. The highest BCUT2D eigenvalue weighted by molar-refractivity contribution is 7.89. The second-order valence-corrected chi connectivity index (χ2v) is 7.30. The Kier molecular flexibility index (Phi) is 4.63. The van der Waals surface area contributed by atoms with Gasteiger partial charge in [-0.05, 0) is 19.8 Å². The van der Waals surface area contributed by atoms with Crippen LogP contribution in [0.2, 0.25) is 0 Å². The zero-order chi connectivity index (χ0) is 12.4. The molecule has 0 radical (unpaired) electrons. The third-order valence-corrected chi connectivity index (χ3v) is 5.16. The summed E-state index contributed by atoms with van der Waals surface area (Å²) in [5.41, 5.74) is -0.393. The SMILES string of the molecule is CC(CCl)CS(=O)(=O)N1CCOC(C)(C)C1. The Morgan fingerprint density at radius 2 is 2.12 bits per heavy atom. The fraction of sp³-hybridized carbons (Fsp3) is 1.00. The number of hydrogen-bond acceptors (Lipinski definition) is 3. The number of rotatable bonds is 4. The largest absolute Gasteiger partial charge is 0.373 e. The lowest BCUT2D eigenvalue weighted by molar-refractivity contribution is -0.0640. The molecule has 0 aromatic rings. The molecule has 16 heavy (non-hydrogen) atoms. The molecule has 0 bridgehead atoms. The summed E-state index contributed by atoms with van der Waals surface area (Å²) in [4.78, 5) is 0. The van der Waals surface area contributed by atoms with Crippen molar-refractivity contribution in [3.63, 3.8) is 0 Å². The molecule has 0 saturated carbocycles. The minimum atomic E-state index is -3.20. The summed E-state index contributed by atoms with van der Waals surface area (Å²) in [6, 6.07) is 0. The molecule has 0 amide bonds. The Hall–Kier alpha value is 0.160. The summed E-state index contributed by atoms with van der Waals surface area (Å²) in [7, 11) is -3.20. The van der Waals surface area contributed by atoms with E-state index < -0.39 is 15.6 Å². The first-order valence-corrected chi connectivity index (χ1v) is 7.59. The van der Waals surface area contributed by atoms with Crippen LogP contribution in [0.1, 0.15) is 20.8 Å². The molecule has 1 aliphatic rings. The first-order valence-electron chi connectivity index (χ1n) is 5.44. The Bertz CT molecular complexity index is 329. The van der Waals surface area contributed by atoms with E-state index in [1.54, 1.807) is 0 Å². The number of alkyl halides is 1. The maximum Gasteiger partial charge on any atom is 0.214 e. The summed E-state index contributed by atoms with van der Waals surface area (Å²) in [6.07, 6.45) is 0. The molecule has 0 aromatic heterocycles. The first-order chi connectivity index (χ1) is 7.27. The lowest BCUT2D eigenvalue weighted by Crippen LogP contribution is -2.51. The van der Waals surface area contributed by atoms with Gasteiger partial charge in [-0.2, -0.15) is 4.31 Å². The van der Waals surface area contributed by atoms with Gasteiger partial charge in [0.25, 0.3) is 0 Å². The van der Waals surface area contributed by atoms with Gasteiger partial charge in [-0.3, -0.25) is 0 Å². The highest BCUT2D eigenvalue weighted by Gasteiger charge is 2.34. The topological polar surface area (TPSA) is 46.6 Å². The van der Waals surface area contributed by atoms with Crippen LogP contribution in [-0.4, -0.2) is 49.7 Å². The van der Waals surface area contributed by atoms with E-state index in [1.807, 2.05) is 20.8 Å². The van der Waals surface area contributed by atoms with E-state index >= 15 is 0 Å². The van der Waals surface area contributed by atoms with Crippen molar-refractivity contribution in [1.82, 2.24) is 4.31 Å². The van der Waals surface area contributed by atoms with Crippen LogP contribution in [0, 0.1) is 5.92 Å². The summed E-state index contributed by atoms with van der Waals surface area (Å²) in [6.45, 7) is 6.97. The van der Waals surface area contributed by atoms with E-state index in [9.17, 15) is 8.42 Å². The third-order valence-electron chi connectivity index (χ3n) is 2.54. The van der Waals surface area contributed by atoms with Gasteiger partial charge in [0.2, 0.25) is 10.0 Å². The molecule has 1 fully saturated rings. The number of halogens is 1. The van der Waals surface area contributed by atoms with E-state index in [0.29, 0.717) is 25.6 Å². The molecule has 4 nitrogen and oxygen atoms in total. The maximum absolute atomic E-state index is 12.1. The summed E-state index contributed by atoms with van der Waals surface area (Å²) in [5, 5.41) is 0. The molecule has 6 heteroatoms. The number of morpholine rings is 1. The zero-order valence-electron chi connectivity index (χ0n) is 10.1. The molecule has 0 N–H and O–H groups in total. The third kappa shape index (κ3) is 3.87. The predicted octanol–water partition coefficient (Wildman–Crippen LogP) is 1.30. The van der Waals surface area contributed by atoms with Crippen molar-refractivity contribution in [2.24, 2.45) is 5.92 Å². The van der Waals surface area contributed by atoms with Gasteiger partial charge in [0, 0.05) is 19.0 Å². The van der Waals surface area contributed by atoms with E-state index in [4.69, 9.17) is 16.3 Å². The van der Waals surface area contributed by atoms with Gasteiger partial charge in [0.05, 0.1) is 18.0 Å². The van der Waals surface area contributed by atoms with E-state index in [0.717, 1.165) is 0 Å². The van der Waals surface area contributed by atoms with E-state index in [1.165, 1.54) is 4.31 Å². The minimum absolute atomic E-state index is 0.0161. The monoisotopic (exact) mass is 269 g/mol. The van der Waals surface area contributed by atoms with Crippen molar-refractivity contribution in [2.75, 3.05) is 31.3 Å². The maximum atomic E-state index is 12.1. The van der Waals surface area contributed by atoms with Gasteiger partial charge in [-0.15, -0.1) is 11.6 Å². The second kappa shape index (κ2) is 5.21. The molecule has 1 unspecified atom stereocenters. The number of hydrogen-bond donors (Lipinski definition) is 0. The van der Waals surface area contributed by atoms with Crippen molar-refractivity contribution in [3.05, 3.63) is 0 Å². The van der Waals surface area contributed by atoms with Crippen molar-refractivity contribution in [2.45, 2.75) is 26.4 Å². The van der Waals surface area contributed by atoms with Gasteiger partial charge in [-0.1, -0.05) is 6.92 Å². The fourth-order valence-electron chi connectivity index (χ4n) is 1.72. The molecule has 1 heterocycles. The Balaban J connectivity index is 2.69. The molecule has 0 spiro atoms. The van der Waals surface area contributed by atoms with Gasteiger partial charge < -0.3 is 4.74 Å². The lowest BCUT2D eigenvalue weighted by atomic mass is 10.1. The smallest absolute Gasteiger partial charge is 0.214 e. The zero-order valence-corrected chi connectivity index (χ0v) is 11.6. The average molecular weight is 270 g/mol. The van der Waals surface area contributed by atoms with E-state index in [-0.39, 0.29) is 11.7 Å². The summed E-state index contributed by atoms with van der Waals surface area (Å²) in [5.74, 6) is 0.470. The van der Waals surface area contributed by atoms with Crippen LogP contribution in [-0.2, 0) is 14.8 Å². The van der Waals surface area contributed by atoms with Crippen molar-refractivity contribution >= 4 is 21.6 Å². The second-order valence-electron chi connectivity index (χ2n) is 4.98. The highest BCUT2D eigenvalue weighted by Crippen LogP contribution is 2.20. The van der Waals surface area contributed by atoms with Crippen molar-refractivity contribution in [3.8, 4) is 0 Å². The molecule has 1 aliphatic heterocycles. The van der Waals surface area contributed by atoms with E-state index in [2.05, 4.69) is 0 Å². The van der Waals surface area contributed by atoms with Gasteiger partial charge in [-0.25, -0.2) is 8.42 Å². The number of nitrogens with zero attached hydrogens (tertiary/aromatic N) is 1. The fourth-order valence-corrected chi connectivity index (χ4v) is 3.87. The number of sulfonamides is 1. The normalized spacial score (nSPS) is 24.2. The van der Waals surface area contributed by atoms with Crippen molar-refractivity contribution in [1.29, 1.82) is 0 Å². The first kappa shape index (κ1) is 14.2. The molecular formula is C10H20ClNO3S. The quantitative estimate of drug-likeness (QED) is 0.723. The minimum Gasteiger partial charge on any atom is -0.373 e. The highest BCUT2D eigenvalue weighted by atomic mass is 35.5. The standard InChI is InChI=1S/C10H20ClNO3S/c1-9(6-11)7-16(13,14)12-4-5-15-10(2,3)8-12/h9H,4-8H2,1-3H3. The van der Waals surface area contributed by atoms with Crippen LogP contribution in [0.3, 0.4) is 0 Å². The average Bonchev–Trinajstić information content (AvgIpc) is 2.15. The molecule has 1 saturated heterocycles. The Morgan fingerprint density at radius 1 is 1.50 bits per heavy atom. The summed E-state index contributed by atoms with van der Waals surface area (Å²) >= 11 is 5.65. The van der Waals surface area contributed by atoms with Crippen LogP contribution < -0.4 is 0 Å². The van der Waals surface area contributed by atoms with Crippen LogP contribution in [0.5, 0.6) is 0 Å². The van der Waals surface area contributed by atoms with Crippen LogP contribution in [0.25, 0.3) is 0 Å². The van der Waals surface area contributed by atoms with Gasteiger partial charge in [0.15, 0.2) is 0 Å². The van der Waals surface area contributed by atoms with Crippen LogP contribution in [0.4, 0.5) is 0 Å². The van der Waals surface area contributed by atoms with Gasteiger partial charge in [0.1, 0.15) is 0 Å². The molecular weight excluding hydrogens is 250 g/mol. The van der Waals surface area contributed by atoms with Crippen LogP contribution in [0.15, 0.2) is 0 Å². The number of ether oxygens (including phenoxy) is 1. The Labute approximate surface area is 103 Å². The molecule has 1 rings (SSSR count). The van der Waals surface area contributed by atoms with Crippen molar-refractivity contribution < 1.29 is 13.2 Å². The lowest BCUT2D eigenvalue weighted by Gasteiger charge is -2.37. The van der Waals surface area contributed by atoms with Crippen LogP contribution >= 0.6 is 11.6 Å². The Morgan fingerprint density at radius 3 is 2.62 bits per heavy atom. The summed E-state index contributed by atoms with van der Waals surface area (Å²) < 4.78 is 31.1. The molecule has 0 aliphatic carbocycles. The predicted molar refractivity (Wildman–Crippen MR) is 65.3 cm³/mol. The molecule has 0 aromatic carbocycles.